The quantitative estimate of drug-likeness (QED) is 0.756. The van der Waals surface area contributed by atoms with Crippen LogP contribution in [0.2, 0.25) is 0 Å². The van der Waals surface area contributed by atoms with E-state index >= 15 is 0 Å². The highest BCUT2D eigenvalue weighted by Crippen LogP contribution is 2.37. The van der Waals surface area contributed by atoms with E-state index in [0.29, 0.717) is 23.2 Å². The van der Waals surface area contributed by atoms with Crippen LogP contribution in [0.15, 0.2) is 17.1 Å². The van der Waals surface area contributed by atoms with E-state index in [0.717, 1.165) is 32.5 Å². The maximum atomic E-state index is 12.5. The average molecular weight is 343 g/mol. The van der Waals surface area contributed by atoms with Crippen LogP contribution in [0.4, 0.5) is 11.5 Å². The fraction of sp³-hybridized carbons (Fsp3) is 0.471. The summed E-state index contributed by atoms with van der Waals surface area (Å²) >= 11 is 0. The summed E-state index contributed by atoms with van der Waals surface area (Å²) in [5.41, 5.74) is 6.35. The molecule has 4 rings (SSSR count). The predicted molar refractivity (Wildman–Crippen MR) is 95.3 cm³/mol. The first-order valence-corrected chi connectivity index (χ1v) is 8.52. The van der Waals surface area contributed by atoms with Gasteiger partial charge in [-0.2, -0.15) is 0 Å². The normalized spacial score (nSPS) is 20.8. The van der Waals surface area contributed by atoms with Crippen molar-refractivity contribution in [3.05, 3.63) is 28.0 Å². The molecule has 1 unspecified atom stereocenters. The summed E-state index contributed by atoms with van der Waals surface area (Å²) in [5.74, 6) is -0.558. The van der Waals surface area contributed by atoms with Gasteiger partial charge in [0.1, 0.15) is 11.2 Å². The zero-order chi connectivity index (χ0) is 17.7. The number of pyridine rings is 2. The second kappa shape index (κ2) is 5.73. The molecule has 2 fully saturated rings. The lowest BCUT2D eigenvalue weighted by Crippen LogP contribution is -2.49. The number of carboxylic acids is 1. The molecule has 2 aliphatic rings. The van der Waals surface area contributed by atoms with Crippen LogP contribution >= 0.6 is 0 Å². The Balaban J connectivity index is 1.92. The van der Waals surface area contributed by atoms with Crippen molar-refractivity contribution >= 4 is 28.5 Å². The number of anilines is 2. The second-order valence-corrected chi connectivity index (χ2v) is 6.89. The van der Waals surface area contributed by atoms with Gasteiger partial charge in [0.2, 0.25) is 5.43 Å². The topological polar surface area (TPSA) is 113 Å². The van der Waals surface area contributed by atoms with Gasteiger partial charge in [-0.15, -0.1) is 0 Å². The molecule has 0 radical (unpaired) electrons. The van der Waals surface area contributed by atoms with E-state index in [1.165, 1.54) is 6.20 Å². The molecule has 132 valence electrons. The molecule has 1 atom stereocenters. The number of nitrogen functional groups attached to an aromatic ring is 1. The van der Waals surface area contributed by atoms with Gasteiger partial charge in [-0.3, -0.25) is 4.79 Å². The molecule has 0 aromatic carbocycles. The molecule has 8 heteroatoms. The minimum atomic E-state index is -1.22. The number of carboxylic acid groups (broad SMARTS) is 1. The molecule has 1 saturated heterocycles. The van der Waals surface area contributed by atoms with Gasteiger partial charge in [0.05, 0.1) is 11.1 Å². The van der Waals surface area contributed by atoms with Gasteiger partial charge in [-0.25, -0.2) is 9.78 Å². The summed E-state index contributed by atoms with van der Waals surface area (Å²) < 4.78 is 1.83. The van der Waals surface area contributed by atoms with E-state index < -0.39 is 11.4 Å². The molecule has 8 nitrogen and oxygen atoms in total. The van der Waals surface area contributed by atoms with Crippen LogP contribution < -0.4 is 21.4 Å². The van der Waals surface area contributed by atoms with Crippen molar-refractivity contribution in [2.75, 3.05) is 30.3 Å². The van der Waals surface area contributed by atoms with Crippen LogP contribution in [-0.4, -0.2) is 46.3 Å². The summed E-state index contributed by atoms with van der Waals surface area (Å²) in [6.45, 7) is 4.51. The summed E-state index contributed by atoms with van der Waals surface area (Å²) in [5, 5.41) is 13.0. The minimum Gasteiger partial charge on any atom is -0.477 e. The number of nitrogens with one attached hydrogen (secondary N) is 1. The average Bonchev–Trinajstić information content (AvgIpc) is 3.39. The smallest absolute Gasteiger partial charge is 0.341 e. The van der Waals surface area contributed by atoms with E-state index in [1.807, 2.05) is 4.57 Å². The standard InChI is InChI=1S/C17H21N5O3/c1-9-7-21(5-4-19-9)16-13(18)6-11-14(23)12(17(24)25)8-22(10-2-3-10)15(11)20-16/h6,8-10,19H,2-5,7,18H2,1H3,(H,24,25). The molecule has 4 N–H and O–H groups in total. The van der Waals surface area contributed by atoms with Crippen LogP contribution in [0.1, 0.15) is 36.2 Å². The Morgan fingerprint density at radius 2 is 2.20 bits per heavy atom. The van der Waals surface area contributed by atoms with E-state index in [9.17, 15) is 14.7 Å². The summed E-state index contributed by atoms with van der Waals surface area (Å²) in [6.07, 6.45) is 3.35. The molecule has 1 aliphatic heterocycles. The molecule has 0 amide bonds. The van der Waals surface area contributed by atoms with Crippen molar-refractivity contribution in [2.24, 2.45) is 0 Å². The fourth-order valence-electron chi connectivity index (χ4n) is 3.44. The van der Waals surface area contributed by atoms with Crippen LogP contribution in [0.3, 0.4) is 0 Å². The van der Waals surface area contributed by atoms with Crippen LogP contribution in [0, 0.1) is 0 Å². The van der Waals surface area contributed by atoms with Gasteiger partial charge >= 0.3 is 5.97 Å². The van der Waals surface area contributed by atoms with Crippen molar-refractivity contribution in [1.29, 1.82) is 0 Å². The Labute approximate surface area is 144 Å². The number of aromatic nitrogens is 2. The van der Waals surface area contributed by atoms with Crippen molar-refractivity contribution in [3.63, 3.8) is 0 Å². The fourth-order valence-corrected chi connectivity index (χ4v) is 3.44. The Hall–Kier alpha value is -2.61. The zero-order valence-corrected chi connectivity index (χ0v) is 14.0. The lowest BCUT2D eigenvalue weighted by atomic mass is 10.1. The molecule has 25 heavy (non-hydrogen) atoms. The van der Waals surface area contributed by atoms with Crippen molar-refractivity contribution < 1.29 is 9.90 Å². The minimum absolute atomic E-state index is 0.201. The van der Waals surface area contributed by atoms with Gasteiger partial charge < -0.3 is 25.6 Å². The molecule has 1 aliphatic carbocycles. The Bertz CT molecular complexity index is 919. The van der Waals surface area contributed by atoms with E-state index in [1.54, 1.807) is 6.07 Å². The number of nitrogens with two attached hydrogens (primary N) is 1. The van der Waals surface area contributed by atoms with Crippen LogP contribution in [0.25, 0.3) is 11.0 Å². The highest BCUT2D eigenvalue weighted by Gasteiger charge is 2.29. The largest absolute Gasteiger partial charge is 0.477 e. The van der Waals surface area contributed by atoms with Gasteiger partial charge in [0, 0.05) is 37.9 Å². The third kappa shape index (κ3) is 2.72. The highest BCUT2D eigenvalue weighted by molar-refractivity contribution is 5.93. The van der Waals surface area contributed by atoms with Gasteiger partial charge in [0.15, 0.2) is 5.82 Å². The Kier molecular flexibility index (Phi) is 3.64. The number of carbonyl (C=O) groups is 1. The first-order chi connectivity index (χ1) is 12.0. The molecular formula is C17H21N5O3. The maximum Gasteiger partial charge on any atom is 0.341 e. The Morgan fingerprint density at radius 1 is 1.44 bits per heavy atom. The molecule has 0 spiro atoms. The number of rotatable bonds is 3. The molecule has 2 aromatic heterocycles. The molecular weight excluding hydrogens is 322 g/mol. The maximum absolute atomic E-state index is 12.5. The summed E-state index contributed by atoms with van der Waals surface area (Å²) in [4.78, 5) is 30.8. The number of hydrogen-bond acceptors (Lipinski definition) is 6. The number of hydrogen-bond donors (Lipinski definition) is 3. The number of nitrogens with zero attached hydrogens (tertiary/aromatic N) is 3. The van der Waals surface area contributed by atoms with E-state index in [2.05, 4.69) is 17.1 Å². The first kappa shape index (κ1) is 15.9. The molecule has 0 bridgehead atoms. The van der Waals surface area contributed by atoms with Crippen molar-refractivity contribution in [2.45, 2.75) is 31.8 Å². The van der Waals surface area contributed by atoms with E-state index in [-0.39, 0.29) is 17.0 Å². The number of aromatic carboxylic acids is 1. The van der Waals surface area contributed by atoms with Crippen LogP contribution in [-0.2, 0) is 0 Å². The number of piperazine rings is 1. The highest BCUT2D eigenvalue weighted by atomic mass is 16.4. The third-order valence-electron chi connectivity index (χ3n) is 4.85. The lowest BCUT2D eigenvalue weighted by molar-refractivity contribution is 0.0695. The first-order valence-electron chi connectivity index (χ1n) is 8.52. The predicted octanol–water partition coefficient (Wildman–Crippen LogP) is 0.810. The second-order valence-electron chi connectivity index (χ2n) is 6.89. The van der Waals surface area contributed by atoms with Crippen molar-refractivity contribution in [1.82, 2.24) is 14.9 Å². The van der Waals surface area contributed by atoms with E-state index in [4.69, 9.17) is 10.7 Å². The SMILES string of the molecule is CC1CN(c2nc3c(cc2N)c(=O)c(C(=O)O)cn3C2CC2)CCN1. The molecule has 1 saturated carbocycles. The Morgan fingerprint density at radius 3 is 2.84 bits per heavy atom. The zero-order valence-electron chi connectivity index (χ0n) is 14.0. The summed E-state index contributed by atoms with van der Waals surface area (Å²) in [7, 11) is 0. The molecule has 3 heterocycles. The van der Waals surface area contributed by atoms with Gasteiger partial charge in [0.25, 0.3) is 0 Å². The number of fused-ring (bicyclic) bond motifs is 1. The molecule has 2 aromatic rings. The summed E-state index contributed by atoms with van der Waals surface area (Å²) in [6, 6.07) is 2.11. The lowest BCUT2D eigenvalue weighted by Gasteiger charge is -2.33. The monoisotopic (exact) mass is 343 g/mol. The van der Waals surface area contributed by atoms with Crippen LogP contribution in [0.5, 0.6) is 0 Å². The van der Waals surface area contributed by atoms with Gasteiger partial charge in [-0.1, -0.05) is 0 Å². The third-order valence-corrected chi connectivity index (χ3v) is 4.85. The van der Waals surface area contributed by atoms with Gasteiger partial charge in [-0.05, 0) is 25.8 Å². The van der Waals surface area contributed by atoms with Crippen molar-refractivity contribution in [3.8, 4) is 0 Å².